The maximum Gasteiger partial charge on any atom is 0.307 e. The Morgan fingerprint density at radius 3 is 3.12 bits per heavy atom. The van der Waals surface area contributed by atoms with E-state index in [1.165, 1.54) is 0 Å². The highest BCUT2D eigenvalue weighted by Crippen LogP contribution is 2.26. The van der Waals surface area contributed by atoms with Gasteiger partial charge in [-0.3, -0.25) is 9.69 Å². The summed E-state index contributed by atoms with van der Waals surface area (Å²) < 4.78 is 5.36. The van der Waals surface area contributed by atoms with E-state index in [9.17, 15) is 4.79 Å². The van der Waals surface area contributed by atoms with Crippen LogP contribution in [-0.2, 0) is 4.79 Å². The standard InChI is InChI=1S/C12H17NO3/c1-9(11-5-3-7-16-11)13-6-2-4-10(8-13)12(14)15/h3,5,7,9-10H,2,4,6,8H2,1H3,(H,14,15)/t9-,10-/m1/s1. The number of carbonyl (C=O) groups is 1. The van der Waals surface area contributed by atoms with Crippen molar-refractivity contribution in [2.24, 2.45) is 5.92 Å². The molecule has 0 unspecified atom stereocenters. The van der Waals surface area contributed by atoms with Crippen LogP contribution in [0.3, 0.4) is 0 Å². The molecule has 88 valence electrons. The minimum atomic E-state index is -0.684. The molecule has 1 aliphatic rings. The maximum atomic E-state index is 11.0. The van der Waals surface area contributed by atoms with Crippen LogP contribution in [0.25, 0.3) is 0 Å². The number of nitrogens with zero attached hydrogens (tertiary/aromatic N) is 1. The smallest absolute Gasteiger partial charge is 0.307 e. The van der Waals surface area contributed by atoms with E-state index in [1.54, 1.807) is 6.26 Å². The molecule has 1 saturated heterocycles. The topological polar surface area (TPSA) is 53.7 Å². The van der Waals surface area contributed by atoms with Crippen molar-refractivity contribution in [2.75, 3.05) is 13.1 Å². The molecule has 2 atom stereocenters. The van der Waals surface area contributed by atoms with Crippen molar-refractivity contribution in [3.8, 4) is 0 Å². The van der Waals surface area contributed by atoms with Gasteiger partial charge in [-0.05, 0) is 38.4 Å². The lowest BCUT2D eigenvalue weighted by Gasteiger charge is -2.34. The van der Waals surface area contributed by atoms with Crippen molar-refractivity contribution in [3.05, 3.63) is 24.2 Å². The Morgan fingerprint density at radius 1 is 1.69 bits per heavy atom. The summed E-state index contributed by atoms with van der Waals surface area (Å²) in [7, 11) is 0. The summed E-state index contributed by atoms with van der Waals surface area (Å²) in [6, 6.07) is 3.97. The quantitative estimate of drug-likeness (QED) is 0.853. The molecule has 2 heterocycles. The summed E-state index contributed by atoms with van der Waals surface area (Å²) in [4.78, 5) is 13.1. The van der Waals surface area contributed by atoms with E-state index in [0.29, 0.717) is 6.54 Å². The molecule has 0 bridgehead atoms. The van der Waals surface area contributed by atoms with Crippen LogP contribution >= 0.6 is 0 Å². The first-order chi connectivity index (χ1) is 7.68. The zero-order valence-electron chi connectivity index (χ0n) is 9.43. The molecule has 0 aromatic carbocycles. The third-order valence-electron chi connectivity index (χ3n) is 3.30. The lowest BCUT2D eigenvalue weighted by molar-refractivity contribution is -0.144. The van der Waals surface area contributed by atoms with Crippen LogP contribution in [0.1, 0.15) is 31.6 Å². The second-order valence-electron chi connectivity index (χ2n) is 4.36. The number of rotatable bonds is 3. The Morgan fingerprint density at radius 2 is 2.50 bits per heavy atom. The van der Waals surface area contributed by atoms with Crippen molar-refractivity contribution in [1.82, 2.24) is 4.90 Å². The van der Waals surface area contributed by atoms with Crippen LogP contribution < -0.4 is 0 Å². The van der Waals surface area contributed by atoms with E-state index in [-0.39, 0.29) is 12.0 Å². The summed E-state index contributed by atoms with van der Waals surface area (Å²) in [5.41, 5.74) is 0. The second-order valence-corrected chi connectivity index (χ2v) is 4.36. The first-order valence-electron chi connectivity index (χ1n) is 5.68. The van der Waals surface area contributed by atoms with Crippen molar-refractivity contribution in [3.63, 3.8) is 0 Å². The molecule has 1 N–H and O–H groups in total. The Kier molecular flexibility index (Phi) is 3.29. The first-order valence-corrected chi connectivity index (χ1v) is 5.68. The zero-order valence-corrected chi connectivity index (χ0v) is 9.43. The molecule has 1 aromatic heterocycles. The monoisotopic (exact) mass is 223 g/mol. The molecule has 0 saturated carbocycles. The molecule has 4 nitrogen and oxygen atoms in total. The molecule has 2 rings (SSSR count). The van der Waals surface area contributed by atoms with E-state index in [2.05, 4.69) is 11.8 Å². The van der Waals surface area contributed by atoms with Crippen molar-refractivity contribution < 1.29 is 14.3 Å². The summed E-state index contributed by atoms with van der Waals surface area (Å²) in [5.74, 6) is -0.00598. The minimum absolute atomic E-state index is 0.164. The third-order valence-corrected chi connectivity index (χ3v) is 3.30. The predicted molar refractivity (Wildman–Crippen MR) is 59.1 cm³/mol. The number of furan rings is 1. The molecule has 1 fully saturated rings. The van der Waals surface area contributed by atoms with Gasteiger partial charge in [0.1, 0.15) is 5.76 Å². The number of likely N-dealkylation sites (tertiary alicyclic amines) is 1. The van der Waals surface area contributed by atoms with Gasteiger partial charge < -0.3 is 9.52 Å². The summed E-state index contributed by atoms with van der Waals surface area (Å²) in [6.45, 7) is 3.63. The van der Waals surface area contributed by atoms with Gasteiger partial charge in [0, 0.05) is 6.54 Å². The number of piperidine rings is 1. The Hall–Kier alpha value is -1.29. The predicted octanol–water partition coefficient (Wildman–Crippen LogP) is 2.14. The summed E-state index contributed by atoms with van der Waals surface area (Å²) in [6.07, 6.45) is 3.39. The maximum absolute atomic E-state index is 11.0. The molecule has 16 heavy (non-hydrogen) atoms. The molecule has 4 heteroatoms. The number of hydrogen-bond acceptors (Lipinski definition) is 3. The lowest BCUT2D eigenvalue weighted by atomic mass is 9.97. The van der Waals surface area contributed by atoms with Crippen LogP contribution in [0.4, 0.5) is 0 Å². The summed E-state index contributed by atoms with van der Waals surface area (Å²) >= 11 is 0. The normalized spacial score (nSPS) is 24.2. The van der Waals surface area contributed by atoms with Gasteiger partial charge >= 0.3 is 5.97 Å². The minimum Gasteiger partial charge on any atom is -0.481 e. The zero-order chi connectivity index (χ0) is 11.5. The fourth-order valence-corrected chi connectivity index (χ4v) is 2.27. The molecular weight excluding hydrogens is 206 g/mol. The fraction of sp³-hybridized carbons (Fsp3) is 0.583. The highest BCUT2D eigenvalue weighted by atomic mass is 16.4. The Labute approximate surface area is 94.9 Å². The number of carboxylic acid groups (broad SMARTS) is 1. The molecule has 1 aliphatic heterocycles. The van der Waals surface area contributed by atoms with E-state index in [1.807, 2.05) is 12.1 Å². The molecular formula is C12H17NO3. The first kappa shape index (κ1) is 11.2. The van der Waals surface area contributed by atoms with Crippen LogP contribution in [0.2, 0.25) is 0 Å². The third kappa shape index (κ3) is 2.27. The van der Waals surface area contributed by atoms with Gasteiger partial charge in [0.05, 0.1) is 18.2 Å². The van der Waals surface area contributed by atoms with Crippen LogP contribution in [0, 0.1) is 5.92 Å². The second kappa shape index (κ2) is 4.70. The van der Waals surface area contributed by atoms with Gasteiger partial charge in [-0.15, -0.1) is 0 Å². The van der Waals surface area contributed by atoms with Gasteiger partial charge in [-0.1, -0.05) is 0 Å². The molecule has 0 aliphatic carbocycles. The number of hydrogen-bond donors (Lipinski definition) is 1. The fourth-order valence-electron chi connectivity index (χ4n) is 2.27. The van der Waals surface area contributed by atoms with Crippen molar-refractivity contribution in [2.45, 2.75) is 25.8 Å². The van der Waals surface area contributed by atoms with E-state index >= 15 is 0 Å². The highest BCUT2D eigenvalue weighted by molar-refractivity contribution is 5.70. The van der Waals surface area contributed by atoms with Gasteiger partial charge in [-0.25, -0.2) is 0 Å². The average molecular weight is 223 g/mol. The van der Waals surface area contributed by atoms with Gasteiger partial charge in [-0.2, -0.15) is 0 Å². The van der Waals surface area contributed by atoms with Crippen molar-refractivity contribution >= 4 is 5.97 Å². The average Bonchev–Trinajstić information content (AvgIpc) is 2.81. The molecule has 0 spiro atoms. The van der Waals surface area contributed by atoms with Gasteiger partial charge in [0.25, 0.3) is 0 Å². The number of aliphatic carboxylic acids is 1. The van der Waals surface area contributed by atoms with Gasteiger partial charge in [0.2, 0.25) is 0 Å². The van der Waals surface area contributed by atoms with Gasteiger partial charge in [0.15, 0.2) is 0 Å². The molecule has 0 amide bonds. The highest BCUT2D eigenvalue weighted by Gasteiger charge is 2.29. The lowest BCUT2D eigenvalue weighted by Crippen LogP contribution is -2.39. The molecule has 1 aromatic rings. The number of carboxylic acids is 1. The summed E-state index contributed by atoms with van der Waals surface area (Å²) in [5, 5.41) is 9.02. The van der Waals surface area contributed by atoms with Crippen LogP contribution in [0.15, 0.2) is 22.8 Å². The van der Waals surface area contributed by atoms with E-state index in [0.717, 1.165) is 25.1 Å². The van der Waals surface area contributed by atoms with Crippen LogP contribution in [-0.4, -0.2) is 29.1 Å². The SMILES string of the molecule is C[C@H](c1ccco1)N1CCC[C@@H](C(=O)O)C1. The van der Waals surface area contributed by atoms with E-state index < -0.39 is 5.97 Å². The Bertz CT molecular complexity index is 347. The Balaban J connectivity index is 2.01. The van der Waals surface area contributed by atoms with Crippen molar-refractivity contribution in [1.29, 1.82) is 0 Å². The molecule has 0 radical (unpaired) electrons. The van der Waals surface area contributed by atoms with Crippen LogP contribution in [0.5, 0.6) is 0 Å². The van der Waals surface area contributed by atoms with E-state index in [4.69, 9.17) is 9.52 Å². The largest absolute Gasteiger partial charge is 0.481 e.